The number of nitrogens with one attached hydrogen (secondary N) is 1. The molecule has 20 heavy (non-hydrogen) atoms. The van der Waals surface area contributed by atoms with Crippen molar-refractivity contribution >= 4 is 10.0 Å². The summed E-state index contributed by atoms with van der Waals surface area (Å²) in [6.45, 7) is 0. The zero-order chi connectivity index (χ0) is 14.6. The quantitative estimate of drug-likeness (QED) is 0.875. The van der Waals surface area contributed by atoms with Gasteiger partial charge >= 0.3 is 0 Å². The monoisotopic (exact) mass is 294 g/mol. The molecule has 1 aromatic rings. The second-order valence-corrected chi connectivity index (χ2v) is 6.95. The number of rotatable bonds is 4. The first-order chi connectivity index (χ1) is 9.48. The molecule has 0 bridgehead atoms. The maximum absolute atomic E-state index is 12.1. The van der Waals surface area contributed by atoms with Gasteiger partial charge in [0.05, 0.1) is 23.5 Å². The van der Waals surface area contributed by atoms with Gasteiger partial charge in [-0.1, -0.05) is 12.1 Å². The molecule has 0 spiro atoms. The van der Waals surface area contributed by atoms with E-state index in [1.54, 1.807) is 24.3 Å². The minimum atomic E-state index is -3.42. The standard InChI is InChI=1S/C14H18N2O3S/c15-9-11-2-1-3-12(8-11)10-20(18,19)16-13-4-6-14(17)7-5-13/h1-3,8,13-14,16-17H,4-7,10H2. The summed E-state index contributed by atoms with van der Waals surface area (Å²) >= 11 is 0. The van der Waals surface area contributed by atoms with Crippen LogP contribution in [0.1, 0.15) is 36.8 Å². The lowest BCUT2D eigenvalue weighted by Gasteiger charge is -2.25. The third kappa shape index (κ3) is 4.30. The molecule has 5 nitrogen and oxygen atoms in total. The molecule has 0 amide bonds. The topological polar surface area (TPSA) is 90.2 Å². The summed E-state index contributed by atoms with van der Waals surface area (Å²) in [5.41, 5.74) is 1.06. The van der Waals surface area contributed by atoms with Gasteiger partial charge in [-0.2, -0.15) is 5.26 Å². The highest BCUT2D eigenvalue weighted by Gasteiger charge is 2.23. The highest BCUT2D eigenvalue weighted by Crippen LogP contribution is 2.19. The molecule has 1 aliphatic carbocycles. The number of hydrogen-bond donors (Lipinski definition) is 2. The number of nitrogens with zero attached hydrogens (tertiary/aromatic N) is 1. The number of sulfonamides is 1. The zero-order valence-electron chi connectivity index (χ0n) is 11.1. The van der Waals surface area contributed by atoms with Crippen LogP contribution < -0.4 is 4.72 Å². The van der Waals surface area contributed by atoms with E-state index in [1.807, 2.05) is 6.07 Å². The van der Waals surface area contributed by atoms with E-state index in [9.17, 15) is 13.5 Å². The Kier molecular flexibility index (Phi) is 4.76. The van der Waals surface area contributed by atoms with Crippen molar-refractivity contribution in [3.8, 4) is 6.07 Å². The Morgan fingerprint density at radius 2 is 2.00 bits per heavy atom. The number of aliphatic hydroxyl groups is 1. The molecule has 1 saturated carbocycles. The molecule has 108 valence electrons. The summed E-state index contributed by atoms with van der Waals surface area (Å²) in [5.74, 6) is -0.123. The van der Waals surface area contributed by atoms with Gasteiger partial charge in [0.25, 0.3) is 0 Å². The van der Waals surface area contributed by atoms with Gasteiger partial charge in [0.2, 0.25) is 10.0 Å². The SMILES string of the molecule is N#Cc1cccc(CS(=O)(=O)NC2CCC(O)CC2)c1. The van der Waals surface area contributed by atoms with Crippen LogP contribution in [0.3, 0.4) is 0 Å². The summed E-state index contributed by atoms with van der Waals surface area (Å²) in [7, 11) is -3.42. The fourth-order valence-electron chi connectivity index (χ4n) is 2.44. The van der Waals surface area contributed by atoms with Gasteiger partial charge in [0.1, 0.15) is 0 Å². The predicted octanol–water partition coefficient (Wildman–Crippen LogP) is 1.28. The summed E-state index contributed by atoms with van der Waals surface area (Å²) in [6.07, 6.45) is 2.30. The van der Waals surface area contributed by atoms with Crippen LogP contribution in [0.4, 0.5) is 0 Å². The lowest BCUT2D eigenvalue weighted by atomic mass is 9.94. The van der Waals surface area contributed by atoms with E-state index >= 15 is 0 Å². The highest BCUT2D eigenvalue weighted by atomic mass is 32.2. The summed E-state index contributed by atoms with van der Waals surface area (Å²) in [6, 6.07) is 8.51. The molecule has 1 fully saturated rings. The highest BCUT2D eigenvalue weighted by molar-refractivity contribution is 7.88. The molecule has 2 rings (SSSR count). The minimum absolute atomic E-state index is 0.0949. The van der Waals surface area contributed by atoms with Gasteiger partial charge in [-0.3, -0.25) is 0 Å². The second-order valence-electron chi connectivity index (χ2n) is 5.19. The van der Waals surface area contributed by atoms with E-state index in [-0.39, 0.29) is 17.9 Å². The van der Waals surface area contributed by atoms with Crippen molar-refractivity contribution in [1.29, 1.82) is 5.26 Å². The molecule has 0 aromatic heterocycles. The summed E-state index contributed by atoms with van der Waals surface area (Å²) in [5, 5.41) is 18.2. The average molecular weight is 294 g/mol. The first kappa shape index (κ1) is 15.0. The number of nitriles is 1. The fraction of sp³-hybridized carbons (Fsp3) is 0.500. The largest absolute Gasteiger partial charge is 0.393 e. The van der Waals surface area contributed by atoms with Crippen molar-refractivity contribution in [3.05, 3.63) is 35.4 Å². The van der Waals surface area contributed by atoms with Crippen molar-refractivity contribution in [2.75, 3.05) is 0 Å². The lowest BCUT2D eigenvalue weighted by molar-refractivity contribution is 0.120. The normalized spacial score (nSPS) is 23.2. The van der Waals surface area contributed by atoms with Crippen LogP contribution >= 0.6 is 0 Å². The third-order valence-electron chi connectivity index (χ3n) is 3.46. The van der Waals surface area contributed by atoms with Crippen LogP contribution in [0.5, 0.6) is 0 Å². The average Bonchev–Trinajstić information content (AvgIpc) is 2.41. The van der Waals surface area contributed by atoms with Gasteiger partial charge in [-0.05, 0) is 43.4 Å². The van der Waals surface area contributed by atoms with E-state index in [0.717, 1.165) is 0 Å². The van der Waals surface area contributed by atoms with E-state index in [1.165, 1.54) is 0 Å². The van der Waals surface area contributed by atoms with Crippen molar-refractivity contribution < 1.29 is 13.5 Å². The zero-order valence-corrected chi connectivity index (χ0v) is 11.9. The molecule has 1 aliphatic rings. The molecule has 6 heteroatoms. The van der Waals surface area contributed by atoms with Gasteiger partial charge in [-0.15, -0.1) is 0 Å². The minimum Gasteiger partial charge on any atom is -0.393 e. The lowest BCUT2D eigenvalue weighted by Crippen LogP contribution is -2.39. The Hall–Kier alpha value is -1.42. The van der Waals surface area contributed by atoms with Crippen LogP contribution in [-0.2, 0) is 15.8 Å². The van der Waals surface area contributed by atoms with Crippen molar-refractivity contribution in [3.63, 3.8) is 0 Å². The van der Waals surface area contributed by atoms with Crippen LogP contribution in [0.2, 0.25) is 0 Å². The maximum atomic E-state index is 12.1. The number of aliphatic hydroxyl groups excluding tert-OH is 1. The Balaban J connectivity index is 1.98. The molecule has 1 aromatic carbocycles. The smallest absolute Gasteiger partial charge is 0.216 e. The molecule has 2 N–H and O–H groups in total. The van der Waals surface area contributed by atoms with E-state index in [0.29, 0.717) is 36.8 Å². The van der Waals surface area contributed by atoms with Crippen molar-refractivity contribution in [1.82, 2.24) is 4.72 Å². The van der Waals surface area contributed by atoms with E-state index in [4.69, 9.17) is 5.26 Å². The predicted molar refractivity (Wildman–Crippen MR) is 75.2 cm³/mol. The number of hydrogen-bond acceptors (Lipinski definition) is 4. The van der Waals surface area contributed by atoms with Gasteiger partial charge < -0.3 is 5.11 Å². The Morgan fingerprint density at radius 3 is 2.65 bits per heavy atom. The Morgan fingerprint density at radius 1 is 1.30 bits per heavy atom. The molecular weight excluding hydrogens is 276 g/mol. The first-order valence-corrected chi connectivity index (χ1v) is 8.31. The van der Waals surface area contributed by atoms with E-state index < -0.39 is 10.0 Å². The van der Waals surface area contributed by atoms with Crippen molar-refractivity contribution in [2.45, 2.75) is 43.6 Å². The molecule has 0 atom stereocenters. The van der Waals surface area contributed by atoms with Gasteiger partial charge in [0, 0.05) is 6.04 Å². The van der Waals surface area contributed by atoms with Crippen LogP contribution in [0, 0.1) is 11.3 Å². The van der Waals surface area contributed by atoms with Crippen LogP contribution in [0.15, 0.2) is 24.3 Å². The van der Waals surface area contributed by atoms with E-state index in [2.05, 4.69) is 4.72 Å². The second kappa shape index (κ2) is 6.35. The van der Waals surface area contributed by atoms with Gasteiger partial charge in [-0.25, -0.2) is 13.1 Å². The fourth-order valence-corrected chi connectivity index (χ4v) is 3.88. The molecule has 0 saturated heterocycles. The Bertz CT molecular complexity index is 599. The van der Waals surface area contributed by atoms with Crippen LogP contribution in [0.25, 0.3) is 0 Å². The Labute approximate surface area is 119 Å². The number of benzene rings is 1. The first-order valence-electron chi connectivity index (χ1n) is 6.65. The molecule has 0 unspecified atom stereocenters. The maximum Gasteiger partial charge on any atom is 0.216 e. The molecule has 0 heterocycles. The molecule has 0 aliphatic heterocycles. The summed E-state index contributed by atoms with van der Waals surface area (Å²) < 4.78 is 26.9. The molecule has 0 radical (unpaired) electrons. The summed E-state index contributed by atoms with van der Waals surface area (Å²) in [4.78, 5) is 0. The van der Waals surface area contributed by atoms with Crippen molar-refractivity contribution in [2.24, 2.45) is 0 Å². The third-order valence-corrected chi connectivity index (χ3v) is 4.86. The van der Waals surface area contributed by atoms with Gasteiger partial charge in [0.15, 0.2) is 0 Å². The van der Waals surface area contributed by atoms with Crippen LogP contribution in [-0.4, -0.2) is 25.7 Å². The molecular formula is C14H18N2O3S.